The van der Waals surface area contributed by atoms with Gasteiger partial charge in [-0.25, -0.2) is 9.50 Å². The van der Waals surface area contributed by atoms with Gasteiger partial charge in [-0.15, -0.1) is 0 Å². The highest BCUT2D eigenvalue weighted by Gasteiger charge is 2.31. The fourth-order valence-electron chi connectivity index (χ4n) is 4.74. The maximum Gasteiger partial charge on any atom is 0.277 e. The molecule has 2 aliphatic rings. The molecule has 1 N–H and O–H groups in total. The summed E-state index contributed by atoms with van der Waals surface area (Å²) in [6, 6.07) is 11.0. The van der Waals surface area contributed by atoms with Gasteiger partial charge in [0.15, 0.2) is 12.3 Å². The monoisotopic (exact) mass is 449 g/mol. The Morgan fingerprint density at radius 1 is 1.18 bits per heavy atom. The standard InChI is InChI=1S/C24H27N5O4/c1-16(30)27-12-10-19-18(14-27)24(32)29-22(25-19)13-20(26-29)21-9-5-6-11-28(21)23(31)15-33-17-7-3-2-4-8-17/h2-4,7-8,13,21,26H,5-6,9-12,14-15H2,1H3/t21-/m0/s1. The molecule has 0 unspecified atom stereocenters. The van der Waals surface area contributed by atoms with Crippen LogP contribution in [0.3, 0.4) is 0 Å². The highest BCUT2D eigenvalue weighted by Crippen LogP contribution is 2.31. The normalized spacial score (nSPS) is 18.3. The number of carbonyl (C=O) groups is 2. The Morgan fingerprint density at radius 3 is 2.79 bits per heavy atom. The quantitative estimate of drug-likeness (QED) is 0.657. The number of ether oxygens (including phenoxy) is 1. The second-order valence-electron chi connectivity index (χ2n) is 8.64. The van der Waals surface area contributed by atoms with Crippen molar-refractivity contribution >= 4 is 17.5 Å². The predicted molar refractivity (Wildman–Crippen MR) is 121 cm³/mol. The number of aromatic nitrogens is 3. The van der Waals surface area contributed by atoms with Crippen molar-refractivity contribution in [3.8, 4) is 5.75 Å². The van der Waals surface area contributed by atoms with Crippen LogP contribution in [-0.2, 0) is 22.6 Å². The van der Waals surface area contributed by atoms with Crippen LogP contribution >= 0.6 is 0 Å². The molecule has 1 fully saturated rings. The molecular formula is C24H27N5O4. The maximum atomic E-state index is 13.2. The Hall–Kier alpha value is -3.62. The van der Waals surface area contributed by atoms with Crippen LogP contribution in [0.15, 0.2) is 41.2 Å². The smallest absolute Gasteiger partial charge is 0.277 e. The highest BCUT2D eigenvalue weighted by molar-refractivity contribution is 5.78. The molecule has 0 spiro atoms. The lowest BCUT2D eigenvalue weighted by Gasteiger charge is -2.35. The minimum absolute atomic E-state index is 0.0336. The zero-order valence-corrected chi connectivity index (χ0v) is 18.6. The zero-order chi connectivity index (χ0) is 22.9. The molecule has 2 aliphatic heterocycles. The first kappa shape index (κ1) is 21.2. The number of hydrogen-bond donors (Lipinski definition) is 1. The third kappa shape index (κ3) is 4.10. The first-order valence-electron chi connectivity index (χ1n) is 11.4. The van der Waals surface area contributed by atoms with Gasteiger partial charge in [-0.2, -0.15) is 0 Å². The fourth-order valence-corrected chi connectivity index (χ4v) is 4.74. The summed E-state index contributed by atoms with van der Waals surface area (Å²) in [5, 5.41) is 3.19. The lowest BCUT2D eigenvalue weighted by Crippen LogP contribution is -2.41. The molecule has 4 heterocycles. The van der Waals surface area contributed by atoms with Gasteiger partial charge < -0.3 is 14.5 Å². The SMILES string of the molecule is CC(=O)N1CCc2nc3cc([C@@H]4CCCCN4C(=O)COc4ccccc4)[nH]n3c(=O)c2C1. The van der Waals surface area contributed by atoms with Gasteiger partial charge in [0.2, 0.25) is 5.91 Å². The van der Waals surface area contributed by atoms with Gasteiger partial charge in [0.25, 0.3) is 11.5 Å². The molecule has 33 heavy (non-hydrogen) atoms. The van der Waals surface area contributed by atoms with E-state index in [0.29, 0.717) is 36.5 Å². The Balaban J connectivity index is 1.41. The van der Waals surface area contributed by atoms with E-state index in [0.717, 1.165) is 30.7 Å². The van der Waals surface area contributed by atoms with Crippen LogP contribution in [0, 0.1) is 0 Å². The number of aromatic amines is 1. The number of H-pyrrole nitrogens is 1. The van der Waals surface area contributed by atoms with Crippen molar-refractivity contribution in [2.75, 3.05) is 19.7 Å². The van der Waals surface area contributed by atoms with Crippen molar-refractivity contribution in [1.82, 2.24) is 24.4 Å². The topological polar surface area (TPSA) is 100 Å². The minimum Gasteiger partial charge on any atom is -0.484 e. The number of nitrogens with zero attached hydrogens (tertiary/aromatic N) is 4. The Bertz CT molecular complexity index is 1250. The molecule has 2 aromatic heterocycles. The number of benzene rings is 1. The minimum atomic E-state index is -0.187. The Kier molecular flexibility index (Phi) is 5.62. The van der Waals surface area contributed by atoms with Crippen molar-refractivity contribution in [2.45, 2.75) is 45.2 Å². The van der Waals surface area contributed by atoms with Gasteiger partial charge in [0.1, 0.15) is 5.75 Å². The summed E-state index contributed by atoms with van der Waals surface area (Å²) < 4.78 is 7.12. The van der Waals surface area contributed by atoms with Gasteiger partial charge in [0, 0.05) is 32.5 Å². The number of hydrogen-bond acceptors (Lipinski definition) is 5. The fraction of sp³-hybridized carbons (Fsp3) is 0.417. The van der Waals surface area contributed by atoms with Crippen LogP contribution in [0.25, 0.3) is 5.65 Å². The number of fused-ring (bicyclic) bond motifs is 2. The zero-order valence-electron chi connectivity index (χ0n) is 18.6. The molecule has 0 aliphatic carbocycles. The maximum absolute atomic E-state index is 13.2. The molecule has 9 nitrogen and oxygen atoms in total. The van der Waals surface area contributed by atoms with Gasteiger partial charge in [-0.3, -0.25) is 19.5 Å². The van der Waals surface area contributed by atoms with Gasteiger partial charge >= 0.3 is 0 Å². The van der Waals surface area contributed by atoms with E-state index < -0.39 is 0 Å². The van der Waals surface area contributed by atoms with Crippen LogP contribution in [-0.4, -0.2) is 55.9 Å². The lowest BCUT2D eigenvalue weighted by molar-refractivity contribution is -0.137. The van der Waals surface area contributed by atoms with E-state index in [4.69, 9.17) is 9.72 Å². The van der Waals surface area contributed by atoms with Crippen LogP contribution in [0.2, 0.25) is 0 Å². The summed E-state index contributed by atoms with van der Waals surface area (Å²) in [4.78, 5) is 46.1. The largest absolute Gasteiger partial charge is 0.484 e. The Labute approximate surface area is 190 Å². The van der Waals surface area contributed by atoms with E-state index in [1.165, 1.54) is 11.4 Å². The third-order valence-electron chi connectivity index (χ3n) is 6.51. The van der Waals surface area contributed by atoms with E-state index in [1.807, 2.05) is 41.3 Å². The first-order valence-corrected chi connectivity index (χ1v) is 11.4. The summed E-state index contributed by atoms with van der Waals surface area (Å²) in [7, 11) is 0. The number of para-hydroxylation sites is 1. The number of amides is 2. The van der Waals surface area contributed by atoms with Crippen molar-refractivity contribution in [2.24, 2.45) is 0 Å². The predicted octanol–water partition coefficient (Wildman–Crippen LogP) is 2.06. The van der Waals surface area contributed by atoms with E-state index in [9.17, 15) is 14.4 Å². The van der Waals surface area contributed by atoms with Crippen LogP contribution in [0.4, 0.5) is 0 Å². The first-order chi connectivity index (χ1) is 16.0. The van der Waals surface area contributed by atoms with E-state index in [1.54, 1.807) is 4.90 Å². The molecular weight excluding hydrogens is 422 g/mol. The summed E-state index contributed by atoms with van der Waals surface area (Å²) in [6.45, 7) is 2.96. The molecule has 0 radical (unpaired) electrons. The molecule has 1 aromatic carbocycles. The molecule has 0 saturated carbocycles. The third-order valence-corrected chi connectivity index (χ3v) is 6.51. The van der Waals surface area contributed by atoms with E-state index in [-0.39, 0.29) is 36.6 Å². The van der Waals surface area contributed by atoms with Crippen molar-refractivity contribution in [3.05, 3.63) is 63.7 Å². The van der Waals surface area contributed by atoms with Crippen LogP contribution in [0.5, 0.6) is 5.75 Å². The summed E-state index contributed by atoms with van der Waals surface area (Å²) in [5.74, 6) is 0.524. The molecule has 3 aromatic rings. The molecule has 1 atom stereocenters. The lowest BCUT2D eigenvalue weighted by atomic mass is 9.99. The summed E-state index contributed by atoms with van der Waals surface area (Å²) >= 11 is 0. The second kappa shape index (κ2) is 8.73. The van der Waals surface area contributed by atoms with E-state index >= 15 is 0 Å². The summed E-state index contributed by atoms with van der Waals surface area (Å²) in [5.41, 5.74) is 2.45. The highest BCUT2D eigenvalue weighted by atomic mass is 16.5. The van der Waals surface area contributed by atoms with Gasteiger partial charge in [-0.1, -0.05) is 18.2 Å². The molecule has 5 rings (SSSR count). The molecule has 172 valence electrons. The number of rotatable bonds is 4. The molecule has 2 amide bonds. The molecule has 1 saturated heterocycles. The average molecular weight is 450 g/mol. The van der Waals surface area contributed by atoms with Gasteiger partial charge in [0.05, 0.1) is 29.5 Å². The van der Waals surface area contributed by atoms with Crippen LogP contribution in [0.1, 0.15) is 49.2 Å². The molecule has 0 bridgehead atoms. The number of carbonyl (C=O) groups excluding carboxylic acids is 2. The summed E-state index contributed by atoms with van der Waals surface area (Å²) in [6.07, 6.45) is 3.29. The van der Waals surface area contributed by atoms with Crippen LogP contribution < -0.4 is 10.3 Å². The molecule has 9 heteroatoms. The van der Waals surface area contributed by atoms with Crippen molar-refractivity contribution in [3.63, 3.8) is 0 Å². The van der Waals surface area contributed by atoms with Gasteiger partial charge in [-0.05, 0) is 31.4 Å². The van der Waals surface area contributed by atoms with E-state index in [2.05, 4.69) is 5.10 Å². The Morgan fingerprint density at radius 2 is 2.00 bits per heavy atom. The second-order valence-corrected chi connectivity index (χ2v) is 8.64. The number of nitrogens with one attached hydrogen (secondary N) is 1. The van der Waals surface area contributed by atoms with Crippen molar-refractivity contribution < 1.29 is 14.3 Å². The van der Waals surface area contributed by atoms with Crippen molar-refractivity contribution in [1.29, 1.82) is 0 Å². The average Bonchev–Trinajstić information content (AvgIpc) is 3.27. The number of likely N-dealkylation sites (tertiary alicyclic amines) is 1. The number of piperidine rings is 1.